The average Bonchev–Trinajstić information content (AvgIpc) is 3.35. The number of imide groups is 1. The van der Waals surface area contributed by atoms with Crippen LogP contribution in [0.3, 0.4) is 0 Å². The van der Waals surface area contributed by atoms with Crippen LogP contribution in [-0.2, 0) is 27.3 Å². The molecule has 3 amide bonds. The Labute approximate surface area is 168 Å². The van der Waals surface area contributed by atoms with Crippen LogP contribution in [0.4, 0.5) is 5.69 Å². The molecule has 6 nitrogen and oxygen atoms in total. The van der Waals surface area contributed by atoms with Gasteiger partial charge in [0.25, 0.3) is 5.91 Å². The number of carbonyl (C=O) groups excluding carboxylic acids is 3. The monoisotopic (exact) mass is 388 g/mol. The van der Waals surface area contributed by atoms with Crippen molar-refractivity contribution >= 4 is 23.4 Å². The van der Waals surface area contributed by atoms with Crippen LogP contribution in [0, 0.1) is 0 Å². The number of hydrogen-bond acceptors (Lipinski definition) is 4. The van der Waals surface area contributed by atoms with Gasteiger partial charge in [-0.1, -0.05) is 48.5 Å². The zero-order valence-corrected chi connectivity index (χ0v) is 15.7. The molecule has 1 atom stereocenters. The van der Waals surface area contributed by atoms with E-state index in [2.05, 4.69) is 0 Å². The van der Waals surface area contributed by atoms with Crippen molar-refractivity contribution in [2.75, 3.05) is 4.90 Å². The van der Waals surface area contributed by atoms with Gasteiger partial charge in [-0.3, -0.25) is 14.4 Å². The van der Waals surface area contributed by atoms with Crippen LogP contribution in [0.25, 0.3) is 0 Å². The minimum atomic E-state index is -0.857. The second-order valence-corrected chi connectivity index (χ2v) is 6.89. The predicted octanol–water partition coefficient (Wildman–Crippen LogP) is 3.18. The molecule has 1 saturated heterocycles. The number of hydrogen-bond donors (Lipinski definition) is 0. The Morgan fingerprint density at radius 3 is 2.31 bits per heavy atom. The summed E-state index contributed by atoms with van der Waals surface area (Å²) in [6.07, 6.45) is 1.62. The van der Waals surface area contributed by atoms with Gasteiger partial charge in [0.2, 0.25) is 11.8 Å². The van der Waals surface area contributed by atoms with Gasteiger partial charge in [-0.25, -0.2) is 4.90 Å². The van der Waals surface area contributed by atoms with Crippen LogP contribution >= 0.6 is 0 Å². The third kappa shape index (κ3) is 3.96. The van der Waals surface area contributed by atoms with Crippen molar-refractivity contribution in [1.82, 2.24) is 4.90 Å². The molecule has 1 aliphatic rings. The molecule has 6 heteroatoms. The topological polar surface area (TPSA) is 70.8 Å². The van der Waals surface area contributed by atoms with Gasteiger partial charge in [-0.05, 0) is 29.8 Å². The minimum Gasteiger partial charge on any atom is -0.467 e. The number of furan rings is 1. The van der Waals surface area contributed by atoms with Crippen LogP contribution in [0.5, 0.6) is 0 Å². The molecule has 0 saturated carbocycles. The molecule has 1 aliphatic heterocycles. The average molecular weight is 388 g/mol. The molecule has 4 rings (SSSR count). The summed E-state index contributed by atoms with van der Waals surface area (Å²) in [5.74, 6) is -0.379. The van der Waals surface area contributed by atoms with Gasteiger partial charge in [-0.2, -0.15) is 0 Å². The van der Waals surface area contributed by atoms with Gasteiger partial charge in [0, 0.05) is 0 Å². The Hall–Kier alpha value is -3.67. The predicted molar refractivity (Wildman–Crippen MR) is 107 cm³/mol. The first-order valence-corrected chi connectivity index (χ1v) is 9.41. The van der Waals surface area contributed by atoms with E-state index in [1.54, 1.807) is 36.4 Å². The number of rotatable bonds is 6. The van der Waals surface area contributed by atoms with Crippen molar-refractivity contribution in [3.63, 3.8) is 0 Å². The fourth-order valence-corrected chi connectivity index (χ4v) is 3.52. The second-order valence-electron chi connectivity index (χ2n) is 6.89. The standard InChI is InChI=1S/C23H20N2O4/c26-21(14-17-8-3-1-4-9-17)24(16-19-12-7-13-29-19)20-15-22(27)25(23(20)28)18-10-5-2-6-11-18/h1-13,20H,14-16H2. The molecule has 146 valence electrons. The van der Waals surface area contributed by atoms with Crippen molar-refractivity contribution in [3.05, 3.63) is 90.4 Å². The molecule has 1 fully saturated rings. The highest BCUT2D eigenvalue weighted by molar-refractivity contribution is 6.23. The highest BCUT2D eigenvalue weighted by atomic mass is 16.3. The molecule has 2 heterocycles. The summed E-state index contributed by atoms with van der Waals surface area (Å²) >= 11 is 0. The third-order valence-corrected chi connectivity index (χ3v) is 4.94. The molecule has 3 aromatic rings. The van der Waals surface area contributed by atoms with E-state index in [9.17, 15) is 14.4 Å². The maximum atomic E-state index is 13.1. The van der Waals surface area contributed by atoms with Crippen molar-refractivity contribution < 1.29 is 18.8 Å². The van der Waals surface area contributed by atoms with E-state index in [4.69, 9.17) is 4.42 Å². The largest absolute Gasteiger partial charge is 0.467 e. The van der Waals surface area contributed by atoms with Crippen LogP contribution in [0.2, 0.25) is 0 Å². The Morgan fingerprint density at radius 2 is 1.66 bits per heavy atom. The second kappa shape index (κ2) is 8.14. The van der Waals surface area contributed by atoms with Crippen molar-refractivity contribution in [2.24, 2.45) is 0 Å². The summed E-state index contributed by atoms with van der Waals surface area (Å²) in [5, 5.41) is 0. The minimum absolute atomic E-state index is 0.0467. The number of carbonyl (C=O) groups is 3. The molecule has 0 bridgehead atoms. The van der Waals surface area contributed by atoms with Crippen molar-refractivity contribution in [2.45, 2.75) is 25.4 Å². The van der Waals surface area contributed by atoms with E-state index >= 15 is 0 Å². The SMILES string of the molecule is O=C1CC(N(Cc2ccco2)C(=O)Cc2ccccc2)C(=O)N1c1ccccc1. The molecular formula is C23H20N2O4. The third-order valence-electron chi connectivity index (χ3n) is 4.94. The molecule has 1 aromatic heterocycles. The molecule has 1 unspecified atom stereocenters. The first-order valence-electron chi connectivity index (χ1n) is 9.41. The summed E-state index contributed by atoms with van der Waals surface area (Å²) in [6, 6.07) is 20.7. The van der Waals surface area contributed by atoms with E-state index in [-0.39, 0.29) is 31.2 Å². The highest BCUT2D eigenvalue weighted by Gasteiger charge is 2.44. The summed E-state index contributed by atoms with van der Waals surface area (Å²) in [4.78, 5) is 41.5. The molecule has 0 spiro atoms. The number of anilines is 1. The van der Waals surface area contributed by atoms with Gasteiger partial charge >= 0.3 is 0 Å². The Bertz CT molecular complexity index is 1000. The van der Waals surface area contributed by atoms with Gasteiger partial charge in [-0.15, -0.1) is 0 Å². The Kier molecular flexibility index (Phi) is 5.24. The van der Waals surface area contributed by atoms with Gasteiger partial charge < -0.3 is 9.32 Å². The zero-order valence-electron chi connectivity index (χ0n) is 15.7. The van der Waals surface area contributed by atoms with Gasteiger partial charge in [0.1, 0.15) is 11.8 Å². The summed E-state index contributed by atoms with van der Waals surface area (Å²) in [7, 11) is 0. The van der Waals surface area contributed by atoms with E-state index in [1.807, 2.05) is 36.4 Å². The van der Waals surface area contributed by atoms with E-state index in [1.165, 1.54) is 11.2 Å². The maximum absolute atomic E-state index is 13.1. The van der Waals surface area contributed by atoms with Crippen LogP contribution in [-0.4, -0.2) is 28.7 Å². The summed E-state index contributed by atoms with van der Waals surface area (Å²) in [5.41, 5.74) is 1.36. The number of benzene rings is 2. The lowest BCUT2D eigenvalue weighted by molar-refractivity contribution is -0.138. The van der Waals surface area contributed by atoms with Crippen LogP contribution in [0.1, 0.15) is 17.7 Å². The van der Waals surface area contributed by atoms with Gasteiger partial charge in [0.15, 0.2) is 0 Å². The molecule has 0 aliphatic carbocycles. The normalized spacial score (nSPS) is 16.3. The first-order chi connectivity index (χ1) is 14.1. The maximum Gasteiger partial charge on any atom is 0.257 e. The fourth-order valence-electron chi connectivity index (χ4n) is 3.52. The number of para-hydroxylation sites is 1. The van der Waals surface area contributed by atoms with Crippen LogP contribution in [0.15, 0.2) is 83.5 Å². The fraction of sp³-hybridized carbons (Fsp3) is 0.174. The van der Waals surface area contributed by atoms with E-state index in [0.717, 1.165) is 10.5 Å². The summed E-state index contributed by atoms with van der Waals surface area (Å²) < 4.78 is 5.39. The zero-order chi connectivity index (χ0) is 20.2. The first kappa shape index (κ1) is 18.7. The Balaban J connectivity index is 1.61. The smallest absolute Gasteiger partial charge is 0.257 e. The molecule has 0 N–H and O–H groups in total. The summed E-state index contributed by atoms with van der Waals surface area (Å²) in [6.45, 7) is 0.130. The number of amides is 3. The highest BCUT2D eigenvalue weighted by Crippen LogP contribution is 2.27. The lowest BCUT2D eigenvalue weighted by Crippen LogP contribution is -2.45. The lowest BCUT2D eigenvalue weighted by Gasteiger charge is -2.27. The van der Waals surface area contributed by atoms with E-state index in [0.29, 0.717) is 11.4 Å². The molecule has 29 heavy (non-hydrogen) atoms. The van der Waals surface area contributed by atoms with Crippen molar-refractivity contribution in [1.29, 1.82) is 0 Å². The van der Waals surface area contributed by atoms with Crippen LogP contribution < -0.4 is 4.90 Å². The number of nitrogens with zero attached hydrogens (tertiary/aromatic N) is 2. The van der Waals surface area contributed by atoms with Crippen molar-refractivity contribution in [3.8, 4) is 0 Å². The Morgan fingerprint density at radius 1 is 0.966 bits per heavy atom. The van der Waals surface area contributed by atoms with E-state index < -0.39 is 11.9 Å². The van der Waals surface area contributed by atoms with Gasteiger partial charge in [0.05, 0.1) is 31.3 Å². The molecule has 0 radical (unpaired) electrons. The lowest BCUT2D eigenvalue weighted by atomic mass is 10.1. The molecule has 2 aromatic carbocycles. The molecular weight excluding hydrogens is 368 g/mol. The quantitative estimate of drug-likeness (QED) is 0.608.